The molecule has 174 valence electrons. The quantitative estimate of drug-likeness (QED) is 0.429. The molecule has 0 aliphatic rings. The van der Waals surface area contributed by atoms with E-state index in [1.807, 2.05) is 26.8 Å². The fourth-order valence-corrected chi connectivity index (χ4v) is 4.79. The molecule has 0 heterocycles. The highest BCUT2D eigenvalue weighted by molar-refractivity contribution is 7.99. The van der Waals surface area contributed by atoms with Crippen molar-refractivity contribution in [2.24, 2.45) is 0 Å². The SMILES string of the molecule is CCC(C(=O)NC(C)C)N(Cc1ccc(Cl)c(Cl)c1)C(=O)CSCc1cc(C)cc(C)c1. The largest absolute Gasteiger partial charge is 0.352 e. The maximum Gasteiger partial charge on any atom is 0.243 e. The molecule has 4 nitrogen and oxygen atoms in total. The monoisotopic (exact) mass is 494 g/mol. The summed E-state index contributed by atoms with van der Waals surface area (Å²) in [5.74, 6) is 0.815. The first-order chi connectivity index (χ1) is 15.1. The fourth-order valence-electron chi connectivity index (χ4n) is 3.63. The summed E-state index contributed by atoms with van der Waals surface area (Å²) in [7, 11) is 0. The van der Waals surface area contributed by atoms with Crippen LogP contribution in [0, 0.1) is 13.8 Å². The lowest BCUT2D eigenvalue weighted by Crippen LogP contribution is -2.50. The van der Waals surface area contributed by atoms with Crippen molar-refractivity contribution >= 4 is 46.8 Å². The van der Waals surface area contributed by atoms with Crippen molar-refractivity contribution in [2.45, 2.75) is 65.4 Å². The minimum atomic E-state index is -0.554. The van der Waals surface area contributed by atoms with Gasteiger partial charge in [-0.3, -0.25) is 9.59 Å². The van der Waals surface area contributed by atoms with Crippen LogP contribution in [0.15, 0.2) is 36.4 Å². The third kappa shape index (κ3) is 8.02. The average Bonchev–Trinajstić information content (AvgIpc) is 2.69. The molecule has 1 atom stereocenters. The number of carbonyl (C=O) groups is 2. The Morgan fingerprint density at radius 1 is 1.00 bits per heavy atom. The third-order valence-corrected chi connectivity index (χ3v) is 6.66. The van der Waals surface area contributed by atoms with Crippen LogP contribution >= 0.6 is 35.0 Å². The van der Waals surface area contributed by atoms with E-state index >= 15 is 0 Å². The van der Waals surface area contributed by atoms with Gasteiger partial charge >= 0.3 is 0 Å². The topological polar surface area (TPSA) is 49.4 Å². The number of nitrogens with one attached hydrogen (secondary N) is 1. The van der Waals surface area contributed by atoms with Crippen LogP contribution in [0.25, 0.3) is 0 Å². The summed E-state index contributed by atoms with van der Waals surface area (Å²) in [4.78, 5) is 27.8. The molecule has 0 saturated carbocycles. The van der Waals surface area contributed by atoms with Gasteiger partial charge in [0.1, 0.15) is 6.04 Å². The predicted molar refractivity (Wildman–Crippen MR) is 136 cm³/mol. The molecule has 0 saturated heterocycles. The van der Waals surface area contributed by atoms with E-state index in [2.05, 4.69) is 37.4 Å². The maximum atomic E-state index is 13.3. The lowest BCUT2D eigenvalue weighted by molar-refractivity contribution is -0.139. The van der Waals surface area contributed by atoms with E-state index in [4.69, 9.17) is 23.2 Å². The van der Waals surface area contributed by atoms with Gasteiger partial charge in [-0.15, -0.1) is 11.8 Å². The molecule has 0 spiro atoms. The van der Waals surface area contributed by atoms with Crippen molar-refractivity contribution in [1.82, 2.24) is 10.2 Å². The van der Waals surface area contributed by atoms with Gasteiger partial charge in [-0.25, -0.2) is 0 Å². The van der Waals surface area contributed by atoms with E-state index in [0.717, 1.165) is 11.3 Å². The maximum absolute atomic E-state index is 13.3. The van der Waals surface area contributed by atoms with Gasteiger partial charge in [0.25, 0.3) is 0 Å². The van der Waals surface area contributed by atoms with Crippen LogP contribution in [0.5, 0.6) is 0 Å². The Morgan fingerprint density at radius 2 is 1.66 bits per heavy atom. The van der Waals surface area contributed by atoms with Crippen LogP contribution in [-0.4, -0.2) is 34.6 Å². The number of amides is 2. The number of thioether (sulfide) groups is 1. The number of benzene rings is 2. The second-order valence-corrected chi connectivity index (χ2v) is 10.1. The van der Waals surface area contributed by atoms with Crippen molar-refractivity contribution in [1.29, 1.82) is 0 Å². The van der Waals surface area contributed by atoms with Gasteiger partial charge in [-0.2, -0.15) is 0 Å². The van der Waals surface area contributed by atoms with Gasteiger partial charge in [-0.05, 0) is 57.4 Å². The Balaban J connectivity index is 2.18. The molecule has 2 aromatic carbocycles. The standard InChI is InChI=1S/C25H32Cl2N2O2S/c1-6-23(25(31)28-16(2)3)29(13-19-7-8-21(26)22(27)12-19)24(30)15-32-14-20-10-17(4)9-18(5)11-20/h7-12,16,23H,6,13-15H2,1-5H3,(H,28,31). The van der Waals surface area contributed by atoms with E-state index in [0.29, 0.717) is 28.8 Å². The van der Waals surface area contributed by atoms with Gasteiger partial charge in [0.2, 0.25) is 11.8 Å². The van der Waals surface area contributed by atoms with Crippen molar-refractivity contribution in [2.75, 3.05) is 5.75 Å². The summed E-state index contributed by atoms with van der Waals surface area (Å²) in [5.41, 5.74) is 4.46. The van der Waals surface area contributed by atoms with Crippen molar-refractivity contribution in [3.63, 3.8) is 0 Å². The zero-order chi connectivity index (χ0) is 23.8. The van der Waals surface area contributed by atoms with Gasteiger partial charge in [0.05, 0.1) is 15.8 Å². The molecule has 0 radical (unpaired) electrons. The first-order valence-corrected chi connectivity index (χ1v) is 12.7. The second kappa shape index (κ2) is 12.5. The molecule has 2 amide bonds. The first kappa shape index (κ1) is 26.6. The van der Waals surface area contributed by atoms with Crippen molar-refractivity contribution in [3.05, 3.63) is 68.7 Å². The minimum absolute atomic E-state index is 0.00240. The Hall–Kier alpha value is -1.69. The summed E-state index contributed by atoms with van der Waals surface area (Å²) >= 11 is 13.8. The van der Waals surface area contributed by atoms with Crippen LogP contribution < -0.4 is 5.32 Å². The number of carbonyl (C=O) groups excluding carboxylic acids is 2. The predicted octanol–water partition coefficient (Wildman–Crippen LogP) is 6.18. The minimum Gasteiger partial charge on any atom is -0.352 e. The van der Waals surface area contributed by atoms with Crippen LogP contribution in [0.1, 0.15) is 49.4 Å². The lowest BCUT2D eigenvalue weighted by atomic mass is 10.1. The van der Waals surface area contributed by atoms with Gasteiger partial charge < -0.3 is 10.2 Å². The van der Waals surface area contributed by atoms with Gasteiger partial charge in [0, 0.05) is 18.3 Å². The van der Waals surface area contributed by atoms with E-state index in [1.54, 1.807) is 28.8 Å². The van der Waals surface area contributed by atoms with Crippen LogP contribution in [-0.2, 0) is 21.9 Å². The molecule has 0 aliphatic carbocycles. The van der Waals surface area contributed by atoms with Gasteiger partial charge in [-0.1, -0.05) is 65.5 Å². The summed E-state index contributed by atoms with van der Waals surface area (Å²) in [6.45, 7) is 10.2. The zero-order valence-corrected chi connectivity index (χ0v) is 21.7. The average molecular weight is 496 g/mol. The van der Waals surface area contributed by atoms with E-state index in [1.165, 1.54) is 16.7 Å². The Morgan fingerprint density at radius 3 is 2.22 bits per heavy atom. The Labute approximate surface area is 206 Å². The lowest BCUT2D eigenvalue weighted by Gasteiger charge is -2.31. The highest BCUT2D eigenvalue weighted by Crippen LogP contribution is 2.25. The van der Waals surface area contributed by atoms with E-state index < -0.39 is 6.04 Å². The molecule has 7 heteroatoms. The smallest absolute Gasteiger partial charge is 0.243 e. The molecule has 0 fully saturated rings. The summed E-state index contributed by atoms with van der Waals surface area (Å²) in [5, 5.41) is 3.83. The molecule has 32 heavy (non-hydrogen) atoms. The number of hydrogen-bond acceptors (Lipinski definition) is 3. The number of aryl methyl sites for hydroxylation is 2. The van der Waals surface area contributed by atoms with Crippen molar-refractivity contribution in [3.8, 4) is 0 Å². The number of rotatable bonds is 10. The molecule has 0 aromatic heterocycles. The summed E-state index contributed by atoms with van der Waals surface area (Å²) in [6.07, 6.45) is 0.521. The normalized spacial score (nSPS) is 12.0. The number of hydrogen-bond donors (Lipinski definition) is 1. The van der Waals surface area contributed by atoms with E-state index in [9.17, 15) is 9.59 Å². The zero-order valence-electron chi connectivity index (χ0n) is 19.4. The van der Waals surface area contributed by atoms with E-state index in [-0.39, 0.29) is 17.9 Å². The van der Waals surface area contributed by atoms with Crippen LogP contribution in [0.2, 0.25) is 10.0 Å². The molecule has 0 bridgehead atoms. The molecule has 1 unspecified atom stereocenters. The Bertz CT molecular complexity index is 929. The Kier molecular flexibility index (Phi) is 10.4. The van der Waals surface area contributed by atoms with Gasteiger partial charge in [0.15, 0.2) is 0 Å². The number of nitrogens with zero attached hydrogens (tertiary/aromatic N) is 1. The molecular weight excluding hydrogens is 463 g/mol. The van der Waals surface area contributed by atoms with Crippen LogP contribution in [0.3, 0.4) is 0 Å². The van der Waals surface area contributed by atoms with Crippen molar-refractivity contribution < 1.29 is 9.59 Å². The fraction of sp³-hybridized carbons (Fsp3) is 0.440. The second-order valence-electron chi connectivity index (χ2n) is 8.35. The van der Waals surface area contributed by atoms with Crippen LogP contribution in [0.4, 0.5) is 0 Å². The number of halogens is 2. The molecule has 0 aliphatic heterocycles. The highest BCUT2D eigenvalue weighted by atomic mass is 35.5. The first-order valence-electron chi connectivity index (χ1n) is 10.8. The molecule has 2 aromatic rings. The summed E-state index contributed by atoms with van der Waals surface area (Å²) < 4.78 is 0. The highest BCUT2D eigenvalue weighted by Gasteiger charge is 2.29. The third-order valence-electron chi connectivity index (χ3n) is 4.93. The molecular formula is C25H32Cl2N2O2S. The molecule has 2 rings (SSSR count). The molecule has 1 N–H and O–H groups in total. The summed E-state index contributed by atoms with van der Waals surface area (Å²) in [6, 6.07) is 11.2.